The van der Waals surface area contributed by atoms with Crippen molar-refractivity contribution < 1.29 is 23.5 Å². The molecule has 0 fully saturated rings. The number of benzene rings is 1. The summed E-state index contributed by atoms with van der Waals surface area (Å²) in [6.07, 6.45) is 1.08. The molecule has 0 atom stereocenters. The van der Waals surface area contributed by atoms with E-state index in [4.69, 9.17) is 9.47 Å². The number of anilines is 1. The topological polar surface area (TPSA) is 68.7 Å². The Hall–Kier alpha value is -2.96. The molecule has 7 heteroatoms. The van der Waals surface area contributed by atoms with Gasteiger partial charge in [0, 0.05) is 11.6 Å². The van der Waals surface area contributed by atoms with Crippen LogP contribution >= 0.6 is 0 Å². The zero-order valence-corrected chi connectivity index (χ0v) is 17.0. The van der Waals surface area contributed by atoms with Gasteiger partial charge in [0.2, 0.25) is 0 Å². The molecular formula is C21H25FN2O4. The van der Waals surface area contributed by atoms with Gasteiger partial charge in [0.1, 0.15) is 22.8 Å². The van der Waals surface area contributed by atoms with Gasteiger partial charge in [-0.3, -0.25) is 0 Å². The van der Waals surface area contributed by atoms with Crippen LogP contribution in [0.3, 0.4) is 0 Å². The van der Waals surface area contributed by atoms with E-state index in [0.717, 1.165) is 0 Å². The predicted octanol–water partition coefficient (Wildman–Crippen LogP) is 5.69. The van der Waals surface area contributed by atoms with Crippen LogP contribution in [0.2, 0.25) is 0 Å². The molecule has 1 aromatic carbocycles. The van der Waals surface area contributed by atoms with Gasteiger partial charge in [0.15, 0.2) is 0 Å². The van der Waals surface area contributed by atoms with E-state index in [2.05, 4.69) is 11.6 Å². The first kappa shape index (κ1) is 21.3. The van der Waals surface area contributed by atoms with Crippen LogP contribution in [0.15, 0.2) is 31.0 Å². The first-order valence-electron chi connectivity index (χ1n) is 8.78. The quantitative estimate of drug-likeness (QED) is 0.661. The molecule has 0 aliphatic carbocycles. The van der Waals surface area contributed by atoms with Crippen molar-refractivity contribution in [3.8, 4) is 0 Å². The van der Waals surface area contributed by atoms with Gasteiger partial charge >= 0.3 is 12.2 Å². The number of fused-ring (bicyclic) bond motifs is 1. The van der Waals surface area contributed by atoms with E-state index in [9.17, 15) is 14.0 Å². The summed E-state index contributed by atoms with van der Waals surface area (Å²) in [5.74, 6) is -0.503. The Kier molecular flexibility index (Phi) is 5.77. The molecule has 6 nitrogen and oxygen atoms in total. The van der Waals surface area contributed by atoms with Crippen LogP contribution in [-0.2, 0) is 9.47 Å². The smallest absolute Gasteiger partial charge is 0.425 e. The van der Waals surface area contributed by atoms with Crippen molar-refractivity contribution in [2.45, 2.75) is 52.7 Å². The lowest BCUT2D eigenvalue weighted by Gasteiger charge is -2.28. The number of imide groups is 1. The minimum Gasteiger partial charge on any atom is -0.443 e. The number of ether oxygens (including phenoxy) is 2. The highest BCUT2D eigenvalue weighted by Crippen LogP contribution is 2.27. The molecule has 0 radical (unpaired) electrons. The molecule has 0 N–H and O–H groups in total. The van der Waals surface area contributed by atoms with Gasteiger partial charge in [-0.2, -0.15) is 4.90 Å². The van der Waals surface area contributed by atoms with E-state index in [1.165, 1.54) is 30.5 Å². The largest absolute Gasteiger partial charge is 0.443 e. The number of carbonyl (C=O) groups excluding carboxylic acids is 2. The second kappa shape index (κ2) is 7.58. The van der Waals surface area contributed by atoms with Crippen molar-refractivity contribution >= 4 is 34.9 Å². The van der Waals surface area contributed by atoms with Crippen molar-refractivity contribution in [1.29, 1.82) is 0 Å². The number of carbonyl (C=O) groups is 2. The first-order chi connectivity index (χ1) is 12.8. The summed E-state index contributed by atoms with van der Waals surface area (Å²) < 4.78 is 24.6. The highest BCUT2D eigenvalue weighted by Gasteiger charge is 2.33. The molecule has 0 saturated heterocycles. The second-order valence-electron chi connectivity index (χ2n) is 8.26. The molecule has 0 bridgehead atoms. The summed E-state index contributed by atoms with van der Waals surface area (Å²) >= 11 is 0. The SMILES string of the molecule is C=Cc1cc(F)cc2cc(N(C(=O)OC(C)(C)C)C(=O)OC(C)(C)C)ncc12. The fourth-order valence-corrected chi connectivity index (χ4v) is 2.40. The number of aromatic nitrogens is 1. The van der Waals surface area contributed by atoms with Crippen molar-refractivity contribution in [3.05, 3.63) is 42.4 Å². The number of pyridine rings is 1. The number of hydrogen-bond acceptors (Lipinski definition) is 5. The maximum absolute atomic E-state index is 13.9. The van der Waals surface area contributed by atoms with Crippen molar-refractivity contribution in [3.63, 3.8) is 0 Å². The van der Waals surface area contributed by atoms with E-state index >= 15 is 0 Å². The molecule has 0 aliphatic heterocycles. The number of rotatable bonds is 2. The van der Waals surface area contributed by atoms with E-state index < -0.39 is 29.2 Å². The zero-order valence-electron chi connectivity index (χ0n) is 17.0. The minimum absolute atomic E-state index is 0.0309. The number of halogens is 1. The summed E-state index contributed by atoms with van der Waals surface area (Å²) in [4.78, 5) is 30.3. The number of amides is 2. The maximum Gasteiger partial charge on any atom is 0.425 e. The molecule has 0 unspecified atom stereocenters. The molecule has 1 heterocycles. The van der Waals surface area contributed by atoms with Crippen LogP contribution in [0.5, 0.6) is 0 Å². The third-order valence-electron chi connectivity index (χ3n) is 3.42. The zero-order chi connectivity index (χ0) is 21.3. The van der Waals surface area contributed by atoms with Gasteiger partial charge in [-0.25, -0.2) is 19.0 Å². The van der Waals surface area contributed by atoms with Gasteiger partial charge in [-0.05, 0) is 70.7 Å². The van der Waals surface area contributed by atoms with E-state index in [1.54, 1.807) is 41.5 Å². The molecule has 0 aliphatic rings. The van der Waals surface area contributed by atoms with Crippen molar-refractivity contribution in [2.75, 3.05) is 4.90 Å². The number of hydrogen-bond donors (Lipinski definition) is 0. The average molecular weight is 388 g/mol. The van der Waals surface area contributed by atoms with Crippen LogP contribution in [0.25, 0.3) is 16.8 Å². The van der Waals surface area contributed by atoms with Gasteiger partial charge in [-0.1, -0.05) is 12.7 Å². The lowest BCUT2D eigenvalue weighted by Crippen LogP contribution is -2.44. The highest BCUT2D eigenvalue weighted by molar-refractivity contribution is 6.09. The Balaban J connectivity index is 2.57. The fraction of sp³-hybridized carbons (Fsp3) is 0.381. The first-order valence-corrected chi connectivity index (χ1v) is 8.78. The van der Waals surface area contributed by atoms with Gasteiger partial charge in [-0.15, -0.1) is 0 Å². The van der Waals surface area contributed by atoms with Gasteiger partial charge in [0.05, 0.1) is 0 Å². The van der Waals surface area contributed by atoms with E-state index in [1.807, 2.05) is 0 Å². The fourth-order valence-electron chi connectivity index (χ4n) is 2.40. The van der Waals surface area contributed by atoms with Crippen LogP contribution in [0.1, 0.15) is 47.1 Å². The Bertz CT molecular complexity index is 898. The third kappa shape index (κ3) is 5.28. The van der Waals surface area contributed by atoms with Crippen LogP contribution < -0.4 is 4.90 Å². The van der Waals surface area contributed by atoms with Crippen LogP contribution in [0.4, 0.5) is 19.8 Å². The minimum atomic E-state index is -0.936. The molecule has 0 spiro atoms. The maximum atomic E-state index is 13.9. The average Bonchev–Trinajstić information content (AvgIpc) is 2.50. The monoisotopic (exact) mass is 388 g/mol. The number of nitrogens with zero attached hydrogens (tertiary/aromatic N) is 2. The van der Waals surface area contributed by atoms with Crippen LogP contribution in [-0.4, -0.2) is 28.4 Å². The predicted molar refractivity (Wildman–Crippen MR) is 107 cm³/mol. The van der Waals surface area contributed by atoms with Crippen LogP contribution in [0, 0.1) is 5.82 Å². The Labute approximate surface area is 163 Å². The lowest BCUT2D eigenvalue weighted by molar-refractivity contribution is 0.0429. The summed E-state index contributed by atoms with van der Waals surface area (Å²) in [7, 11) is 0. The summed E-state index contributed by atoms with van der Waals surface area (Å²) in [6, 6.07) is 4.05. The van der Waals surface area contributed by atoms with E-state index in [0.29, 0.717) is 21.2 Å². The molecule has 1 aromatic heterocycles. The highest BCUT2D eigenvalue weighted by atomic mass is 19.1. The molecule has 2 aromatic rings. The molecule has 2 amide bonds. The summed E-state index contributed by atoms with van der Waals surface area (Å²) in [6.45, 7) is 13.7. The molecule has 150 valence electrons. The van der Waals surface area contributed by atoms with Crippen molar-refractivity contribution in [1.82, 2.24) is 4.98 Å². The second-order valence-corrected chi connectivity index (χ2v) is 8.26. The molecule has 28 heavy (non-hydrogen) atoms. The molecular weight excluding hydrogens is 363 g/mol. The lowest BCUT2D eigenvalue weighted by atomic mass is 10.1. The molecule has 0 saturated carbocycles. The normalized spacial score (nSPS) is 11.8. The van der Waals surface area contributed by atoms with E-state index in [-0.39, 0.29) is 5.82 Å². The third-order valence-corrected chi connectivity index (χ3v) is 3.42. The molecule has 2 rings (SSSR count). The van der Waals surface area contributed by atoms with Crippen molar-refractivity contribution in [2.24, 2.45) is 0 Å². The van der Waals surface area contributed by atoms with Gasteiger partial charge < -0.3 is 9.47 Å². The summed E-state index contributed by atoms with van der Waals surface area (Å²) in [5.41, 5.74) is -1.12. The standard InChI is InChI=1S/C21H25FN2O4/c1-8-13-9-15(22)10-14-11-17(23-12-16(13)14)24(18(25)27-20(2,3)4)19(26)28-21(5,6)7/h8-12H,1H2,2-7H3. The summed E-state index contributed by atoms with van der Waals surface area (Å²) in [5, 5.41) is 1.09. The Morgan fingerprint density at radius 1 is 1.04 bits per heavy atom. The Morgan fingerprint density at radius 3 is 2.04 bits per heavy atom. The Morgan fingerprint density at radius 2 is 1.57 bits per heavy atom. The van der Waals surface area contributed by atoms with Gasteiger partial charge in [0.25, 0.3) is 0 Å².